The van der Waals surface area contributed by atoms with E-state index in [4.69, 9.17) is 23.2 Å². The molecule has 0 spiro atoms. The molecule has 1 saturated heterocycles. The summed E-state index contributed by atoms with van der Waals surface area (Å²) in [5, 5.41) is 15.6. The van der Waals surface area contributed by atoms with Crippen LogP contribution in [0.4, 0.5) is 16.3 Å². The predicted molar refractivity (Wildman–Crippen MR) is 113 cm³/mol. The molecule has 8 heteroatoms. The Hall–Kier alpha value is -2.02. The molecule has 6 nitrogen and oxygen atoms in total. The van der Waals surface area contributed by atoms with Crippen LogP contribution in [0.2, 0.25) is 10.0 Å². The number of pyridine rings is 1. The van der Waals surface area contributed by atoms with Crippen LogP contribution in [0.5, 0.6) is 0 Å². The van der Waals surface area contributed by atoms with Gasteiger partial charge in [-0.1, -0.05) is 29.3 Å². The Morgan fingerprint density at radius 3 is 2.79 bits per heavy atom. The van der Waals surface area contributed by atoms with Crippen molar-refractivity contribution in [3.05, 3.63) is 52.1 Å². The predicted octanol–water partition coefficient (Wildman–Crippen LogP) is 4.45. The van der Waals surface area contributed by atoms with E-state index in [1.807, 2.05) is 12.1 Å². The van der Waals surface area contributed by atoms with Gasteiger partial charge in [0, 0.05) is 37.6 Å². The van der Waals surface area contributed by atoms with Gasteiger partial charge >= 0.3 is 6.03 Å². The van der Waals surface area contributed by atoms with Crippen molar-refractivity contribution in [3.8, 4) is 0 Å². The lowest BCUT2D eigenvalue weighted by Crippen LogP contribution is -2.40. The van der Waals surface area contributed by atoms with Crippen LogP contribution >= 0.6 is 23.2 Å². The third kappa shape index (κ3) is 5.50. The molecule has 1 aliphatic heterocycles. The summed E-state index contributed by atoms with van der Waals surface area (Å²) >= 11 is 11.8. The molecule has 1 aromatic carbocycles. The lowest BCUT2D eigenvalue weighted by molar-refractivity contribution is 0.251. The van der Waals surface area contributed by atoms with Gasteiger partial charge in [0.15, 0.2) is 0 Å². The molecule has 0 bridgehead atoms. The first-order chi connectivity index (χ1) is 13.6. The number of rotatable bonds is 6. The van der Waals surface area contributed by atoms with Crippen LogP contribution in [0.1, 0.15) is 31.2 Å². The lowest BCUT2D eigenvalue weighted by Gasteiger charge is -2.36. The molecule has 2 heterocycles. The number of amides is 2. The molecule has 0 saturated carbocycles. The molecule has 1 aliphatic rings. The Bertz CT molecular complexity index is 799. The molecule has 0 aliphatic carbocycles. The molecule has 1 fully saturated rings. The number of halogens is 2. The SMILES string of the molecule is O=C(NCc1ccc(N2CCCCC2CCO)nc1)Nc1ccc(Cl)c(Cl)c1. The summed E-state index contributed by atoms with van der Waals surface area (Å²) in [5.74, 6) is 0.919. The van der Waals surface area contributed by atoms with E-state index in [0.717, 1.165) is 37.2 Å². The third-order valence-electron chi connectivity index (χ3n) is 4.82. The number of aliphatic hydroxyl groups excluding tert-OH is 1. The molecule has 150 valence electrons. The average Bonchev–Trinajstić information content (AvgIpc) is 2.70. The van der Waals surface area contributed by atoms with Crippen LogP contribution in [-0.4, -0.2) is 35.3 Å². The van der Waals surface area contributed by atoms with E-state index in [-0.39, 0.29) is 12.6 Å². The van der Waals surface area contributed by atoms with Crippen molar-refractivity contribution < 1.29 is 9.90 Å². The van der Waals surface area contributed by atoms with Crippen molar-refractivity contribution in [2.24, 2.45) is 0 Å². The first-order valence-corrected chi connectivity index (χ1v) is 10.1. The Kier molecular flexibility index (Phi) is 7.36. The van der Waals surface area contributed by atoms with Crippen molar-refractivity contribution in [1.29, 1.82) is 0 Å². The first-order valence-electron chi connectivity index (χ1n) is 9.39. The van der Waals surface area contributed by atoms with Crippen molar-refractivity contribution >= 4 is 40.7 Å². The number of hydrogen-bond donors (Lipinski definition) is 3. The summed E-state index contributed by atoms with van der Waals surface area (Å²) < 4.78 is 0. The minimum absolute atomic E-state index is 0.192. The number of hydrogen-bond acceptors (Lipinski definition) is 4. The molecule has 2 aromatic rings. The zero-order valence-corrected chi connectivity index (χ0v) is 17.0. The van der Waals surface area contributed by atoms with E-state index < -0.39 is 0 Å². The van der Waals surface area contributed by atoms with E-state index in [1.165, 1.54) is 6.42 Å². The monoisotopic (exact) mass is 422 g/mol. The summed E-state index contributed by atoms with van der Waals surface area (Å²) in [6.07, 6.45) is 5.96. The second kappa shape index (κ2) is 9.96. The number of carbonyl (C=O) groups is 1. The molecule has 3 N–H and O–H groups in total. The minimum atomic E-state index is -0.332. The van der Waals surface area contributed by atoms with Gasteiger partial charge in [-0.2, -0.15) is 0 Å². The maximum absolute atomic E-state index is 12.1. The van der Waals surface area contributed by atoms with Crippen LogP contribution in [0, 0.1) is 0 Å². The highest BCUT2D eigenvalue weighted by molar-refractivity contribution is 6.42. The Morgan fingerprint density at radius 1 is 1.21 bits per heavy atom. The first kappa shape index (κ1) is 20.7. The molecule has 1 aromatic heterocycles. The Morgan fingerprint density at radius 2 is 2.07 bits per heavy atom. The molecule has 3 rings (SSSR count). The third-order valence-corrected chi connectivity index (χ3v) is 5.56. The quantitative estimate of drug-likeness (QED) is 0.642. The summed E-state index contributed by atoms with van der Waals surface area (Å²) in [6.45, 7) is 1.51. The number of urea groups is 1. The topological polar surface area (TPSA) is 77.5 Å². The number of benzene rings is 1. The smallest absolute Gasteiger partial charge is 0.319 e. The Balaban J connectivity index is 1.53. The highest BCUT2D eigenvalue weighted by atomic mass is 35.5. The highest BCUT2D eigenvalue weighted by Gasteiger charge is 2.22. The number of aliphatic hydroxyl groups is 1. The fourth-order valence-electron chi connectivity index (χ4n) is 3.37. The second-order valence-electron chi connectivity index (χ2n) is 6.82. The lowest BCUT2D eigenvalue weighted by atomic mass is 9.99. The van der Waals surface area contributed by atoms with Gasteiger partial charge < -0.3 is 20.6 Å². The molecular weight excluding hydrogens is 399 g/mol. The standard InChI is InChI=1S/C20H24Cl2N4O2/c21-17-6-5-15(11-18(17)22)25-20(28)24-13-14-4-7-19(23-12-14)26-9-2-1-3-16(26)8-10-27/h4-7,11-12,16,27H,1-3,8-10,13H2,(H2,24,25,28). The van der Waals surface area contributed by atoms with Crippen molar-refractivity contribution in [1.82, 2.24) is 10.3 Å². The van der Waals surface area contributed by atoms with E-state index >= 15 is 0 Å². The molecule has 0 radical (unpaired) electrons. The van der Waals surface area contributed by atoms with Gasteiger partial charge in [-0.15, -0.1) is 0 Å². The maximum Gasteiger partial charge on any atom is 0.319 e. The van der Waals surface area contributed by atoms with Crippen LogP contribution in [0.15, 0.2) is 36.5 Å². The van der Waals surface area contributed by atoms with Crippen molar-refractivity contribution in [2.45, 2.75) is 38.3 Å². The van der Waals surface area contributed by atoms with Crippen LogP contribution in [-0.2, 0) is 6.54 Å². The average molecular weight is 423 g/mol. The summed E-state index contributed by atoms with van der Waals surface area (Å²) in [7, 11) is 0. The van der Waals surface area contributed by atoms with E-state index in [2.05, 4.69) is 20.5 Å². The minimum Gasteiger partial charge on any atom is -0.396 e. The van der Waals surface area contributed by atoms with Crippen molar-refractivity contribution in [3.63, 3.8) is 0 Å². The van der Waals surface area contributed by atoms with Gasteiger partial charge in [0.1, 0.15) is 5.82 Å². The molecule has 28 heavy (non-hydrogen) atoms. The molecule has 1 atom stereocenters. The van der Waals surface area contributed by atoms with Gasteiger partial charge in [0.05, 0.1) is 10.0 Å². The molecule has 2 amide bonds. The largest absolute Gasteiger partial charge is 0.396 e. The Labute approximate surface area is 174 Å². The molecule has 1 unspecified atom stereocenters. The highest BCUT2D eigenvalue weighted by Crippen LogP contribution is 2.26. The fraction of sp³-hybridized carbons (Fsp3) is 0.400. The maximum atomic E-state index is 12.1. The number of nitrogens with zero attached hydrogens (tertiary/aromatic N) is 2. The van der Waals surface area contributed by atoms with Crippen LogP contribution in [0.25, 0.3) is 0 Å². The van der Waals surface area contributed by atoms with Crippen LogP contribution < -0.4 is 15.5 Å². The normalized spacial score (nSPS) is 16.7. The summed E-state index contributed by atoms with van der Waals surface area (Å²) in [4.78, 5) is 18.9. The van der Waals surface area contributed by atoms with E-state index in [0.29, 0.717) is 28.3 Å². The second-order valence-corrected chi connectivity index (χ2v) is 7.63. The number of anilines is 2. The van der Waals surface area contributed by atoms with Gasteiger partial charge in [0.2, 0.25) is 0 Å². The summed E-state index contributed by atoms with van der Waals surface area (Å²) in [6, 6.07) is 8.86. The summed E-state index contributed by atoms with van der Waals surface area (Å²) in [5.41, 5.74) is 1.48. The number of nitrogens with one attached hydrogen (secondary N) is 2. The van der Waals surface area contributed by atoms with E-state index in [1.54, 1.807) is 24.4 Å². The molecular formula is C20H24Cl2N4O2. The zero-order chi connectivity index (χ0) is 19.9. The van der Waals surface area contributed by atoms with Crippen LogP contribution in [0.3, 0.4) is 0 Å². The number of piperidine rings is 1. The fourth-order valence-corrected chi connectivity index (χ4v) is 3.67. The van der Waals surface area contributed by atoms with Gasteiger partial charge in [-0.3, -0.25) is 0 Å². The van der Waals surface area contributed by atoms with E-state index in [9.17, 15) is 9.90 Å². The van der Waals surface area contributed by atoms with Gasteiger partial charge in [-0.05, 0) is 55.5 Å². The van der Waals surface area contributed by atoms with Gasteiger partial charge in [-0.25, -0.2) is 9.78 Å². The number of carbonyl (C=O) groups excluding carboxylic acids is 1. The zero-order valence-electron chi connectivity index (χ0n) is 15.5. The van der Waals surface area contributed by atoms with Gasteiger partial charge in [0.25, 0.3) is 0 Å². The van der Waals surface area contributed by atoms with Crippen molar-refractivity contribution in [2.75, 3.05) is 23.4 Å². The number of aromatic nitrogens is 1.